The number of halogens is 1. The van der Waals surface area contributed by atoms with Crippen molar-refractivity contribution in [1.82, 2.24) is 5.32 Å². The van der Waals surface area contributed by atoms with Crippen LogP contribution in [0, 0.1) is 0 Å². The molecule has 0 aliphatic carbocycles. The minimum atomic E-state index is -1.01. The first-order chi connectivity index (χ1) is 16.3. The third-order valence-electron chi connectivity index (χ3n) is 5.74. The number of allylic oxidation sites excluding steroid dienone is 2. The first-order valence-corrected chi connectivity index (χ1v) is 10.9. The number of nitrogens with one attached hydrogen (secondary N) is 1. The van der Waals surface area contributed by atoms with Crippen LogP contribution in [0.3, 0.4) is 0 Å². The Morgan fingerprint density at radius 1 is 1.09 bits per heavy atom. The highest BCUT2D eigenvalue weighted by Crippen LogP contribution is 2.44. The quantitative estimate of drug-likeness (QED) is 0.321. The Kier molecular flexibility index (Phi) is 6.30. The molecule has 1 unspecified atom stereocenters. The summed E-state index contributed by atoms with van der Waals surface area (Å²) >= 11 is 6.67. The molecule has 0 fully saturated rings. The zero-order valence-corrected chi connectivity index (χ0v) is 19.6. The van der Waals surface area contributed by atoms with Gasteiger partial charge in [0.05, 0.1) is 34.9 Å². The Morgan fingerprint density at radius 2 is 1.76 bits per heavy atom. The maximum Gasteiger partial charge on any atom is 0.337 e. The highest BCUT2D eigenvalue weighted by atomic mass is 35.5. The monoisotopic (exact) mass is 479 g/mol. The largest absolute Gasteiger partial charge is 0.466 e. The number of benzene rings is 2. The molecule has 1 aromatic heterocycles. The van der Waals surface area contributed by atoms with Gasteiger partial charge in [-0.15, -0.1) is 0 Å². The van der Waals surface area contributed by atoms with Gasteiger partial charge >= 0.3 is 11.9 Å². The van der Waals surface area contributed by atoms with Gasteiger partial charge in [-0.2, -0.15) is 0 Å². The van der Waals surface area contributed by atoms with E-state index in [1.807, 2.05) is 0 Å². The molecule has 0 saturated heterocycles. The Labute approximate surface area is 200 Å². The van der Waals surface area contributed by atoms with E-state index in [2.05, 4.69) is 11.9 Å². The predicted molar refractivity (Wildman–Crippen MR) is 129 cm³/mol. The van der Waals surface area contributed by atoms with E-state index in [9.17, 15) is 14.4 Å². The summed E-state index contributed by atoms with van der Waals surface area (Å²) in [5.74, 6) is -2.33. The van der Waals surface area contributed by atoms with Crippen LogP contribution in [0.1, 0.15) is 25.3 Å². The number of methoxy groups -OCH3 is 1. The van der Waals surface area contributed by atoms with Crippen molar-refractivity contribution in [3.05, 3.63) is 92.4 Å². The van der Waals surface area contributed by atoms with Crippen LogP contribution in [0.5, 0.6) is 0 Å². The van der Waals surface area contributed by atoms with Crippen LogP contribution in [0.2, 0.25) is 5.02 Å². The number of hydrogen-bond acceptors (Lipinski definition) is 7. The fourth-order valence-electron chi connectivity index (χ4n) is 4.28. The first-order valence-electron chi connectivity index (χ1n) is 10.5. The van der Waals surface area contributed by atoms with Crippen LogP contribution < -0.4 is 10.7 Å². The van der Waals surface area contributed by atoms with E-state index in [4.69, 9.17) is 25.5 Å². The molecule has 7 nitrogen and oxygen atoms in total. The van der Waals surface area contributed by atoms with Crippen molar-refractivity contribution in [3.8, 4) is 0 Å². The van der Waals surface area contributed by atoms with Gasteiger partial charge in [0.2, 0.25) is 5.43 Å². The summed E-state index contributed by atoms with van der Waals surface area (Å²) in [4.78, 5) is 39.4. The van der Waals surface area contributed by atoms with Crippen molar-refractivity contribution >= 4 is 45.5 Å². The number of esters is 2. The number of ether oxygens (including phenoxy) is 2. The second-order valence-electron chi connectivity index (χ2n) is 7.78. The number of rotatable bonds is 5. The predicted octanol–water partition coefficient (Wildman–Crippen LogP) is 4.74. The zero-order chi connectivity index (χ0) is 24.6. The van der Waals surface area contributed by atoms with Crippen molar-refractivity contribution in [2.45, 2.75) is 19.8 Å². The Balaban J connectivity index is 2.11. The standard InChI is InChI=1S/C26H22ClNO6/c1-5-12-33-26(31)20-14(3)28-13(2)19(25(30)32-4)22(20)21-17(27)11-10-16-23(29)15-8-6-7-9-18(15)34-24(16)21/h5-11,22,28H,1,12H2,2-4H3. The van der Waals surface area contributed by atoms with Crippen LogP contribution in [0.25, 0.3) is 21.9 Å². The smallest absolute Gasteiger partial charge is 0.337 e. The molecule has 34 heavy (non-hydrogen) atoms. The third-order valence-corrected chi connectivity index (χ3v) is 6.07. The molecule has 2 aromatic carbocycles. The molecule has 1 N–H and O–H groups in total. The molecule has 4 rings (SSSR count). The fourth-order valence-corrected chi connectivity index (χ4v) is 4.54. The topological polar surface area (TPSA) is 94.8 Å². The summed E-state index contributed by atoms with van der Waals surface area (Å²) in [5, 5.41) is 3.95. The van der Waals surface area contributed by atoms with Crippen molar-refractivity contribution < 1.29 is 23.5 Å². The number of hydrogen-bond donors (Lipinski definition) is 1. The van der Waals surface area contributed by atoms with E-state index in [1.165, 1.54) is 13.2 Å². The molecule has 1 aliphatic heterocycles. The maximum atomic E-state index is 13.3. The molecule has 8 heteroatoms. The number of fused-ring (bicyclic) bond motifs is 2. The normalized spacial score (nSPS) is 15.9. The van der Waals surface area contributed by atoms with Crippen LogP contribution in [-0.2, 0) is 19.1 Å². The molecular weight excluding hydrogens is 458 g/mol. The van der Waals surface area contributed by atoms with Crippen LogP contribution in [0.15, 0.2) is 80.8 Å². The van der Waals surface area contributed by atoms with Crippen molar-refractivity contribution in [1.29, 1.82) is 0 Å². The second kappa shape index (κ2) is 9.19. The lowest BCUT2D eigenvalue weighted by molar-refractivity contribution is -0.138. The summed E-state index contributed by atoms with van der Waals surface area (Å²) in [6.45, 7) is 6.93. The van der Waals surface area contributed by atoms with Gasteiger partial charge in [0.1, 0.15) is 17.8 Å². The lowest BCUT2D eigenvalue weighted by Crippen LogP contribution is -2.32. The van der Waals surface area contributed by atoms with Gasteiger partial charge in [0.25, 0.3) is 0 Å². The highest BCUT2D eigenvalue weighted by Gasteiger charge is 2.40. The molecular formula is C26H22ClNO6. The number of carbonyl (C=O) groups is 2. The lowest BCUT2D eigenvalue weighted by atomic mass is 9.79. The summed E-state index contributed by atoms with van der Waals surface area (Å²) in [5.41, 5.74) is 1.84. The number of dihydropyridines is 1. The van der Waals surface area contributed by atoms with Crippen LogP contribution >= 0.6 is 11.6 Å². The second-order valence-corrected chi connectivity index (χ2v) is 8.19. The van der Waals surface area contributed by atoms with E-state index < -0.39 is 17.9 Å². The molecule has 0 amide bonds. The van der Waals surface area contributed by atoms with Gasteiger partial charge in [-0.05, 0) is 38.1 Å². The summed E-state index contributed by atoms with van der Waals surface area (Å²) < 4.78 is 16.5. The van der Waals surface area contributed by atoms with Gasteiger partial charge in [-0.25, -0.2) is 9.59 Å². The molecule has 1 aliphatic rings. The fraction of sp³-hybridized carbons (Fsp3) is 0.192. The molecule has 0 radical (unpaired) electrons. The van der Waals surface area contributed by atoms with E-state index >= 15 is 0 Å². The number of carbonyl (C=O) groups excluding carboxylic acids is 2. The Hall–Kier alpha value is -3.84. The van der Waals surface area contributed by atoms with E-state index in [0.29, 0.717) is 27.9 Å². The van der Waals surface area contributed by atoms with Gasteiger partial charge in [0.15, 0.2) is 0 Å². The van der Waals surface area contributed by atoms with Gasteiger partial charge in [-0.1, -0.05) is 36.4 Å². The summed E-state index contributed by atoms with van der Waals surface area (Å²) in [6, 6.07) is 9.96. The minimum absolute atomic E-state index is 0.0262. The average Bonchev–Trinajstić information content (AvgIpc) is 2.82. The van der Waals surface area contributed by atoms with Crippen LogP contribution in [0.4, 0.5) is 0 Å². The Bertz CT molecular complexity index is 1480. The molecule has 3 aromatic rings. The number of para-hydroxylation sites is 1. The average molecular weight is 480 g/mol. The third kappa shape index (κ3) is 3.78. The molecule has 2 heterocycles. The van der Waals surface area contributed by atoms with Crippen molar-refractivity contribution in [3.63, 3.8) is 0 Å². The van der Waals surface area contributed by atoms with Gasteiger partial charge in [-0.3, -0.25) is 4.79 Å². The summed E-state index contributed by atoms with van der Waals surface area (Å²) in [7, 11) is 1.25. The van der Waals surface area contributed by atoms with Crippen molar-refractivity contribution in [2.75, 3.05) is 13.7 Å². The molecule has 0 spiro atoms. The van der Waals surface area contributed by atoms with Crippen LogP contribution in [-0.4, -0.2) is 25.7 Å². The molecule has 0 saturated carbocycles. The zero-order valence-electron chi connectivity index (χ0n) is 18.9. The van der Waals surface area contributed by atoms with Crippen molar-refractivity contribution in [2.24, 2.45) is 0 Å². The maximum absolute atomic E-state index is 13.3. The van der Waals surface area contributed by atoms with Gasteiger partial charge in [0, 0.05) is 22.0 Å². The SMILES string of the molecule is C=CCOC(=O)C1=C(C)NC(C)=C(C(=O)OC)C1c1c(Cl)ccc2c(=O)c3ccccc3oc12. The lowest BCUT2D eigenvalue weighted by Gasteiger charge is -2.30. The van der Waals surface area contributed by atoms with Gasteiger partial charge < -0.3 is 19.2 Å². The van der Waals surface area contributed by atoms with E-state index in [0.717, 1.165) is 0 Å². The minimum Gasteiger partial charge on any atom is -0.466 e. The Morgan fingerprint density at radius 3 is 2.44 bits per heavy atom. The highest BCUT2D eigenvalue weighted by molar-refractivity contribution is 6.32. The molecule has 1 atom stereocenters. The summed E-state index contributed by atoms with van der Waals surface area (Å²) in [6.07, 6.45) is 1.44. The molecule has 174 valence electrons. The first kappa shape index (κ1) is 23.3. The van der Waals surface area contributed by atoms with E-state index in [-0.39, 0.29) is 39.2 Å². The van der Waals surface area contributed by atoms with E-state index in [1.54, 1.807) is 50.2 Å². The molecule has 0 bridgehead atoms.